The first-order chi connectivity index (χ1) is 10.9. The second-order valence-electron chi connectivity index (χ2n) is 4.68. The van der Waals surface area contributed by atoms with Gasteiger partial charge in [-0.1, -0.05) is 12.1 Å². The molecule has 2 aromatic carbocycles. The predicted octanol–water partition coefficient (Wildman–Crippen LogP) is 2.39. The van der Waals surface area contributed by atoms with Gasteiger partial charge in [0, 0.05) is 6.07 Å². The Morgan fingerprint density at radius 1 is 1.09 bits per heavy atom. The van der Waals surface area contributed by atoms with Crippen LogP contribution in [0.2, 0.25) is 0 Å². The van der Waals surface area contributed by atoms with Gasteiger partial charge in [-0.05, 0) is 29.8 Å². The number of rotatable bonds is 5. The summed E-state index contributed by atoms with van der Waals surface area (Å²) in [5.41, 5.74) is 0.406. The van der Waals surface area contributed by atoms with Gasteiger partial charge in [-0.2, -0.15) is 0 Å². The summed E-state index contributed by atoms with van der Waals surface area (Å²) in [5, 5.41) is 11.3. The summed E-state index contributed by atoms with van der Waals surface area (Å²) in [7, 11) is 0. The van der Waals surface area contributed by atoms with Crippen molar-refractivity contribution in [3.8, 4) is 5.75 Å². The van der Waals surface area contributed by atoms with E-state index in [-0.39, 0.29) is 17.9 Å². The molecule has 0 unspecified atom stereocenters. The standard InChI is InChI=1S/C16H13F2NO4/c17-11-3-6-14(13(18)8-11)19-15(21)9-23-16(22)7-10-1-4-12(20)5-2-10/h1-6,8,20H,7,9H2,(H,19,21). The number of anilines is 1. The van der Waals surface area contributed by atoms with E-state index in [1.807, 2.05) is 0 Å². The maximum atomic E-state index is 13.3. The second-order valence-corrected chi connectivity index (χ2v) is 4.68. The highest BCUT2D eigenvalue weighted by molar-refractivity contribution is 5.93. The molecule has 23 heavy (non-hydrogen) atoms. The summed E-state index contributed by atoms with van der Waals surface area (Å²) in [6, 6.07) is 8.64. The van der Waals surface area contributed by atoms with Gasteiger partial charge in [0.25, 0.3) is 5.91 Å². The third kappa shape index (κ3) is 5.06. The van der Waals surface area contributed by atoms with Crippen LogP contribution < -0.4 is 5.32 Å². The fourth-order valence-electron chi connectivity index (χ4n) is 1.75. The molecule has 0 heterocycles. The topological polar surface area (TPSA) is 75.6 Å². The minimum atomic E-state index is -0.922. The molecule has 0 radical (unpaired) electrons. The highest BCUT2D eigenvalue weighted by Crippen LogP contribution is 2.15. The van der Waals surface area contributed by atoms with Crippen molar-refractivity contribution >= 4 is 17.6 Å². The van der Waals surface area contributed by atoms with Crippen molar-refractivity contribution in [1.29, 1.82) is 0 Å². The Labute approximate surface area is 130 Å². The zero-order valence-corrected chi connectivity index (χ0v) is 11.9. The van der Waals surface area contributed by atoms with E-state index < -0.39 is 30.1 Å². The lowest BCUT2D eigenvalue weighted by Gasteiger charge is -2.07. The second kappa shape index (κ2) is 7.35. The Morgan fingerprint density at radius 3 is 2.43 bits per heavy atom. The number of hydrogen-bond acceptors (Lipinski definition) is 4. The Morgan fingerprint density at radius 2 is 1.78 bits per heavy atom. The molecular weight excluding hydrogens is 308 g/mol. The van der Waals surface area contributed by atoms with Crippen LogP contribution in [-0.2, 0) is 20.7 Å². The lowest BCUT2D eigenvalue weighted by molar-refractivity contribution is -0.146. The molecule has 0 saturated heterocycles. The van der Waals surface area contributed by atoms with Gasteiger partial charge in [-0.15, -0.1) is 0 Å². The fraction of sp³-hybridized carbons (Fsp3) is 0.125. The maximum absolute atomic E-state index is 13.3. The van der Waals surface area contributed by atoms with Crippen molar-refractivity contribution in [3.05, 3.63) is 59.7 Å². The third-order valence-electron chi connectivity index (χ3n) is 2.85. The summed E-state index contributed by atoms with van der Waals surface area (Å²) < 4.78 is 30.8. The van der Waals surface area contributed by atoms with Gasteiger partial charge >= 0.3 is 5.97 Å². The van der Waals surface area contributed by atoms with Gasteiger partial charge in [0.15, 0.2) is 6.61 Å². The number of carbonyl (C=O) groups is 2. The van der Waals surface area contributed by atoms with E-state index in [1.165, 1.54) is 12.1 Å². The van der Waals surface area contributed by atoms with Gasteiger partial charge in [0.2, 0.25) is 0 Å². The van der Waals surface area contributed by atoms with Gasteiger partial charge in [0.1, 0.15) is 17.4 Å². The van der Waals surface area contributed by atoms with Gasteiger partial charge in [0.05, 0.1) is 12.1 Å². The highest BCUT2D eigenvalue weighted by Gasteiger charge is 2.11. The summed E-state index contributed by atoms with van der Waals surface area (Å²) in [4.78, 5) is 23.1. The van der Waals surface area contributed by atoms with Crippen LogP contribution in [0.15, 0.2) is 42.5 Å². The number of esters is 1. The molecule has 0 bridgehead atoms. The number of ether oxygens (including phenoxy) is 1. The van der Waals surface area contributed by atoms with E-state index in [0.717, 1.165) is 12.1 Å². The minimum absolute atomic E-state index is 0.0710. The first-order valence-corrected chi connectivity index (χ1v) is 6.62. The molecule has 2 aromatic rings. The predicted molar refractivity (Wildman–Crippen MR) is 77.8 cm³/mol. The molecule has 0 aliphatic carbocycles. The minimum Gasteiger partial charge on any atom is -0.508 e. The molecule has 2 N–H and O–H groups in total. The fourth-order valence-corrected chi connectivity index (χ4v) is 1.75. The number of phenols is 1. The van der Waals surface area contributed by atoms with Crippen LogP contribution >= 0.6 is 0 Å². The number of carbonyl (C=O) groups excluding carboxylic acids is 2. The quantitative estimate of drug-likeness (QED) is 0.829. The van der Waals surface area contributed by atoms with Crippen LogP contribution in [0, 0.1) is 11.6 Å². The van der Waals surface area contributed by atoms with Crippen LogP contribution in [0.1, 0.15) is 5.56 Å². The summed E-state index contributed by atoms with van der Waals surface area (Å²) in [6.45, 7) is -0.590. The van der Waals surface area contributed by atoms with E-state index in [9.17, 15) is 18.4 Å². The van der Waals surface area contributed by atoms with E-state index >= 15 is 0 Å². The summed E-state index contributed by atoms with van der Waals surface area (Å²) in [5.74, 6) is -3.00. The molecule has 5 nitrogen and oxygen atoms in total. The zero-order chi connectivity index (χ0) is 16.8. The van der Waals surface area contributed by atoms with E-state index in [2.05, 4.69) is 5.32 Å². The molecule has 7 heteroatoms. The average Bonchev–Trinajstić information content (AvgIpc) is 2.50. The van der Waals surface area contributed by atoms with E-state index in [4.69, 9.17) is 9.84 Å². The Bertz CT molecular complexity index is 717. The van der Waals surface area contributed by atoms with Crippen molar-refractivity contribution in [2.75, 3.05) is 11.9 Å². The number of phenolic OH excluding ortho intramolecular Hbond substituents is 1. The van der Waals surface area contributed by atoms with Crippen LogP contribution in [-0.4, -0.2) is 23.6 Å². The van der Waals surface area contributed by atoms with E-state index in [0.29, 0.717) is 11.6 Å². The largest absolute Gasteiger partial charge is 0.508 e. The number of halogens is 2. The molecule has 0 saturated carbocycles. The van der Waals surface area contributed by atoms with Gasteiger partial charge in [-0.25, -0.2) is 8.78 Å². The first-order valence-electron chi connectivity index (χ1n) is 6.62. The Kier molecular flexibility index (Phi) is 5.24. The highest BCUT2D eigenvalue weighted by atomic mass is 19.1. The molecular formula is C16H13F2NO4. The number of nitrogens with one attached hydrogen (secondary N) is 1. The molecule has 0 atom stereocenters. The zero-order valence-electron chi connectivity index (χ0n) is 11.9. The summed E-state index contributed by atoms with van der Waals surface area (Å²) in [6.07, 6.45) is -0.0710. The molecule has 0 aliphatic rings. The molecule has 2 rings (SSSR count). The smallest absolute Gasteiger partial charge is 0.310 e. The van der Waals surface area contributed by atoms with Crippen LogP contribution in [0.5, 0.6) is 5.75 Å². The Hall–Kier alpha value is -2.96. The van der Waals surface area contributed by atoms with Crippen molar-refractivity contribution in [2.45, 2.75) is 6.42 Å². The van der Waals surface area contributed by atoms with Crippen molar-refractivity contribution in [3.63, 3.8) is 0 Å². The molecule has 0 spiro atoms. The molecule has 0 aromatic heterocycles. The van der Waals surface area contributed by atoms with Crippen LogP contribution in [0.25, 0.3) is 0 Å². The molecule has 0 aliphatic heterocycles. The van der Waals surface area contributed by atoms with Gasteiger partial charge in [-0.3, -0.25) is 9.59 Å². The molecule has 0 fully saturated rings. The first kappa shape index (κ1) is 16.4. The molecule has 120 valence electrons. The lowest BCUT2D eigenvalue weighted by atomic mass is 10.1. The van der Waals surface area contributed by atoms with Crippen molar-refractivity contribution in [1.82, 2.24) is 0 Å². The van der Waals surface area contributed by atoms with Crippen LogP contribution in [0.4, 0.5) is 14.5 Å². The van der Waals surface area contributed by atoms with Gasteiger partial charge < -0.3 is 15.2 Å². The molecule has 1 amide bonds. The third-order valence-corrected chi connectivity index (χ3v) is 2.85. The van der Waals surface area contributed by atoms with E-state index in [1.54, 1.807) is 12.1 Å². The number of hydrogen-bond donors (Lipinski definition) is 2. The maximum Gasteiger partial charge on any atom is 0.310 e. The van der Waals surface area contributed by atoms with Crippen LogP contribution in [0.3, 0.4) is 0 Å². The summed E-state index contributed by atoms with van der Waals surface area (Å²) >= 11 is 0. The monoisotopic (exact) mass is 321 g/mol. The Balaban J connectivity index is 1.81. The normalized spacial score (nSPS) is 10.2. The number of benzene rings is 2. The van der Waals surface area contributed by atoms with Crippen molar-refractivity contribution < 1.29 is 28.2 Å². The number of aromatic hydroxyl groups is 1. The lowest BCUT2D eigenvalue weighted by Crippen LogP contribution is -2.22. The van der Waals surface area contributed by atoms with Crippen molar-refractivity contribution in [2.24, 2.45) is 0 Å². The number of amides is 1. The average molecular weight is 321 g/mol. The SMILES string of the molecule is O=C(COC(=O)Cc1ccc(O)cc1)Nc1ccc(F)cc1F.